The van der Waals surface area contributed by atoms with E-state index in [1.807, 2.05) is 11.3 Å². The Balaban J connectivity index is 1.61. The molecule has 1 heterocycles. The van der Waals surface area contributed by atoms with Crippen LogP contribution in [0.2, 0.25) is 0 Å². The van der Waals surface area contributed by atoms with Crippen LogP contribution in [-0.2, 0) is 0 Å². The van der Waals surface area contributed by atoms with Crippen molar-refractivity contribution in [1.82, 2.24) is 0 Å². The Kier molecular flexibility index (Phi) is 3.83. The average Bonchev–Trinajstić information content (AvgIpc) is 3.06. The molecule has 0 radical (unpaired) electrons. The predicted octanol–water partition coefficient (Wildman–Crippen LogP) is 7.77. The fourth-order valence-corrected chi connectivity index (χ4v) is 5.42. The molecule has 1 aromatic heterocycles. The molecular weight excluding hydrogens is 320 g/mol. The van der Waals surface area contributed by atoms with Crippen LogP contribution < -0.4 is 0 Å². The minimum Gasteiger partial charge on any atom is -0.135 e. The van der Waals surface area contributed by atoms with E-state index in [2.05, 4.69) is 66.7 Å². The quantitative estimate of drug-likeness (QED) is 0.349. The van der Waals surface area contributed by atoms with Gasteiger partial charge in [0.05, 0.1) is 0 Å². The fraction of sp³-hybridized carbons (Fsp3) is 0.250. The number of thiophene rings is 1. The SMILES string of the molecule is c1ccc(-c2ccc3c(c2)sc2ccc(C4CCCCC4)cc23)cc1. The van der Waals surface area contributed by atoms with E-state index in [0.717, 1.165) is 5.92 Å². The molecule has 0 aliphatic heterocycles. The topological polar surface area (TPSA) is 0 Å². The van der Waals surface area contributed by atoms with Crippen molar-refractivity contribution in [2.75, 3.05) is 0 Å². The molecule has 5 rings (SSSR count). The normalized spacial score (nSPS) is 15.8. The average molecular weight is 343 g/mol. The van der Waals surface area contributed by atoms with Gasteiger partial charge in [0.1, 0.15) is 0 Å². The van der Waals surface area contributed by atoms with Crippen LogP contribution in [0.25, 0.3) is 31.3 Å². The van der Waals surface area contributed by atoms with E-state index in [0.29, 0.717) is 0 Å². The number of hydrogen-bond acceptors (Lipinski definition) is 1. The first kappa shape index (κ1) is 15.2. The molecule has 4 aromatic rings. The van der Waals surface area contributed by atoms with Gasteiger partial charge in [-0.3, -0.25) is 0 Å². The summed E-state index contributed by atoms with van der Waals surface area (Å²) >= 11 is 1.93. The third-order valence-electron chi connectivity index (χ3n) is 5.68. The second-order valence-corrected chi connectivity index (χ2v) is 8.35. The van der Waals surface area contributed by atoms with Crippen molar-refractivity contribution in [3.63, 3.8) is 0 Å². The summed E-state index contributed by atoms with van der Waals surface area (Å²) < 4.78 is 2.82. The summed E-state index contributed by atoms with van der Waals surface area (Å²) in [6.07, 6.45) is 6.95. The van der Waals surface area contributed by atoms with E-state index >= 15 is 0 Å². The number of hydrogen-bond donors (Lipinski definition) is 0. The van der Waals surface area contributed by atoms with Crippen LogP contribution in [0.3, 0.4) is 0 Å². The second kappa shape index (κ2) is 6.31. The molecule has 1 heteroatoms. The summed E-state index contributed by atoms with van der Waals surface area (Å²) in [6.45, 7) is 0. The fourth-order valence-electron chi connectivity index (χ4n) is 4.29. The minimum absolute atomic E-state index is 0.775. The monoisotopic (exact) mass is 342 g/mol. The van der Waals surface area contributed by atoms with Crippen LogP contribution in [0.4, 0.5) is 0 Å². The van der Waals surface area contributed by atoms with Gasteiger partial charge in [0.2, 0.25) is 0 Å². The van der Waals surface area contributed by atoms with Crippen molar-refractivity contribution in [2.24, 2.45) is 0 Å². The van der Waals surface area contributed by atoms with E-state index in [4.69, 9.17) is 0 Å². The van der Waals surface area contributed by atoms with Crippen LogP contribution in [0.15, 0.2) is 66.7 Å². The van der Waals surface area contributed by atoms with Crippen molar-refractivity contribution in [1.29, 1.82) is 0 Å². The van der Waals surface area contributed by atoms with Gasteiger partial charge in [0, 0.05) is 20.2 Å². The second-order valence-electron chi connectivity index (χ2n) is 7.27. The van der Waals surface area contributed by atoms with Gasteiger partial charge in [-0.25, -0.2) is 0 Å². The van der Waals surface area contributed by atoms with E-state index < -0.39 is 0 Å². The zero-order chi connectivity index (χ0) is 16.6. The van der Waals surface area contributed by atoms with Gasteiger partial charge >= 0.3 is 0 Å². The molecule has 1 aliphatic carbocycles. The van der Waals surface area contributed by atoms with Crippen molar-refractivity contribution in [2.45, 2.75) is 38.0 Å². The Bertz CT molecular complexity index is 1020. The Hall–Kier alpha value is -2.12. The first-order valence-corrected chi connectivity index (χ1v) is 10.2. The molecule has 0 unspecified atom stereocenters. The molecule has 0 amide bonds. The Labute approximate surface area is 153 Å². The lowest BCUT2D eigenvalue weighted by atomic mass is 9.84. The zero-order valence-corrected chi connectivity index (χ0v) is 15.2. The van der Waals surface area contributed by atoms with Gasteiger partial charge in [-0.05, 0) is 53.6 Å². The molecule has 0 bridgehead atoms. The van der Waals surface area contributed by atoms with E-state index in [1.54, 1.807) is 5.56 Å². The highest BCUT2D eigenvalue weighted by Crippen LogP contribution is 2.40. The molecule has 0 N–H and O–H groups in total. The van der Waals surface area contributed by atoms with Crippen molar-refractivity contribution in [3.8, 4) is 11.1 Å². The van der Waals surface area contributed by atoms with Gasteiger partial charge < -0.3 is 0 Å². The molecule has 1 aliphatic rings. The number of fused-ring (bicyclic) bond motifs is 3. The van der Waals surface area contributed by atoms with Crippen LogP contribution in [0, 0.1) is 0 Å². The summed E-state index contributed by atoms with van der Waals surface area (Å²) in [4.78, 5) is 0. The minimum atomic E-state index is 0.775. The summed E-state index contributed by atoms with van der Waals surface area (Å²) in [6, 6.07) is 24.8. The summed E-state index contributed by atoms with van der Waals surface area (Å²) in [5.41, 5.74) is 4.16. The maximum absolute atomic E-state index is 2.48. The van der Waals surface area contributed by atoms with Crippen LogP contribution >= 0.6 is 11.3 Å². The molecule has 0 atom stereocenters. The lowest BCUT2D eigenvalue weighted by Gasteiger charge is -2.22. The molecule has 3 aromatic carbocycles. The predicted molar refractivity (Wildman–Crippen MR) is 111 cm³/mol. The molecule has 1 fully saturated rings. The maximum Gasteiger partial charge on any atom is 0.0361 e. The number of rotatable bonds is 2. The standard InChI is InChI=1S/C24H22S/c1-3-7-17(8-4-1)19-12-14-23-22(15-19)21-13-11-20(16-24(21)25-23)18-9-5-2-6-10-18/h2,5-6,9-17H,1,3-4,7-8H2. The number of benzene rings is 3. The van der Waals surface area contributed by atoms with Crippen LogP contribution in [0.1, 0.15) is 43.6 Å². The van der Waals surface area contributed by atoms with Gasteiger partial charge in [-0.2, -0.15) is 0 Å². The van der Waals surface area contributed by atoms with Crippen LogP contribution in [0.5, 0.6) is 0 Å². The molecule has 0 saturated heterocycles. The Morgan fingerprint density at radius 1 is 0.640 bits per heavy atom. The first-order valence-electron chi connectivity index (χ1n) is 9.40. The molecule has 124 valence electrons. The van der Waals surface area contributed by atoms with Crippen LogP contribution in [-0.4, -0.2) is 0 Å². The first-order chi connectivity index (χ1) is 12.4. The lowest BCUT2D eigenvalue weighted by molar-refractivity contribution is 0.444. The highest BCUT2D eigenvalue weighted by Gasteiger charge is 2.16. The largest absolute Gasteiger partial charge is 0.135 e. The smallest absolute Gasteiger partial charge is 0.0361 e. The summed E-state index contributed by atoms with van der Waals surface area (Å²) in [7, 11) is 0. The van der Waals surface area contributed by atoms with E-state index in [-0.39, 0.29) is 0 Å². The lowest BCUT2D eigenvalue weighted by Crippen LogP contribution is -2.03. The molecule has 0 spiro atoms. The highest BCUT2D eigenvalue weighted by atomic mass is 32.1. The summed E-state index contributed by atoms with van der Waals surface area (Å²) in [5.74, 6) is 0.775. The maximum atomic E-state index is 2.48. The molecular formula is C24H22S. The Morgan fingerprint density at radius 2 is 1.48 bits per heavy atom. The van der Waals surface area contributed by atoms with Crippen molar-refractivity contribution in [3.05, 3.63) is 72.3 Å². The zero-order valence-electron chi connectivity index (χ0n) is 14.4. The molecule has 25 heavy (non-hydrogen) atoms. The molecule has 1 saturated carbocycles. The third-order valence-corrected chi connectivity index (χ3v) is 6.81. The Morgan fingerprint density at radius 3 is 2.32 bits per heavy atom. The van der Waals surface area contributed by atoms with E-state index in [9.17, 15) is 0 Å². The van der Waals surface area contributed by atoms with Crippen molar-refractivity contribution >= 4 is 31.5 Å². The van der Waals surface area contributed by atoms with E-state index in [1.165, 1.54) is 63.4 Å². The summed E-state index contributed by atoms with van der Waals surface area (Å²) in [5, 5.41) is 2.86. The van der Waals surface area contributed by atoms with Gasteiger partial charge in [-0.1, -0.05) is 67.8 Å². The molecule has 0 nitrogen and oxygen atoms in total. The van der Waals surface area contributed by atoms with Gasteiger partial charge in [-0.15, -0.1) is 11.3 Å². The third kappa shape index (κ3) is 2.77. The highest BCUT2D eigenvalue weighted by molar-refractivity contribution is 7.25. The van der Waals surface area contributed by atoms with Gasteiger partial charge in [0.25, 0.3) is 0 Å². The van der Waals surface area contributed by atoms with Crippen molar-refractivity contribution < 1.29 is 0 Å². The van der Waals surface area contributed by atoms with Gasteiger partial charge in [0.15, 0.2) is 0 Å².